The molecule has 0 aliphatic carbocycles. The number of carbonyl (C=O) groups excluding carboxylic acids is 3. The number of rotatable bonds is 10. The summed E-state index contributed by atoms with van der Waals surface area (Å²) in [4.78, 5) is 47.4. The molecule has 4 heterocycles. The second-order valence-electron chi connectivity index (χ2n) is 11.5. The van der Waals surface area contributed by atoms with Crippen LogP contribution in [0.3, 0.4) is 0 Å². The number of hydrogen-bond donors (Lipinski definition) is 1. The van der Waals surface area contributed by atoms with Crippen LogP contribution < -0.4 is 15.0 Å². The first-order valence-corrected chi connectivity index (χ1v) is 16.7. The number of anilines is 1. The Balaban J connectivity index is 1.20. The number of hydrogen-bond acceptors (Lipinski definition) is 10. The number of nitrogens with one attached hydrogen (secondary N) is 1. The molecule has 3 aromatic rings. The molecule has 2 saturated heterocycles. The van der Waals surface area contributed by atoms with Crippen LogP contribution in [-0.4, -0.2) is 101 Å². The van der Waals surface area contributed by atoms with Crippen LogP contribution in [-0.2, 0) is 37.8 Å². The lowest BCUT2D eigenvalue weighted by Gasteiger charge is -2.34. The molecule has 1 aromatic carbocycles. The average molecular weight is 654 g/mol. The largest absolute Gasteiger partial charge is 0.461 e. The van der Waals surface area contributed by atoms with Crippen LogP contribution in [0.25, 0.3) is 0 Å². The molecular weight excluding hydrogens is 614 g/mol. The molecule has 2 amide bonds. The molecule has 2 aliphatic heterocycles. The van der Waals surface area contributed by atoms with Gasteiger partial charge in [-0.15, -0.1) is 0 Å². The van der Waals surface area contributed by atoms with E-state index in [9.17, 15) is 22.8 Å². The number of carbonyl (C=O) groups is 3. The summed E-state index contributed by atoms with van der Waals surface area (Å²) in [5, 5.41) is 6.60. The highest BCUT2D eigenvalue weighted by Gasteiger charge is 2.41. The van der Waals surface area contributed by atoms with Gasteiger partial charge in [0.2, 0.25) is 5.91 Å². The number of sulfonamides is 1. The average Bonchev–Trinajstić information content (AvgIpc) is 3.72. The molecule has 15 heteroatoms. The lowest BCUT2D eigenvalue weighted by molar-refractivity contribution is -0.151. The van der Waals surface area contributed by atoms with Crippen molar-refractivity contribution in [2.24, 2.45) is 7.05 Å². The van der Waals surface area contributed by atoms with Crippen LogP contribution >= 0.6 is 0 Å². The molecule has 46 heavy (non-hydrogen) atoms. The topological polar surface area (TPSA) is 156 Å². The standard InChI is InChI=1S/C31H39N7O7S/c1-22(2)44-30(40)25(33-29(39)26-7-6-15-38(26)46(42,43)28-13-16-35(3)34-28)21-23-9-11-24(12-10-23)45-31(41)37-19-17-36(18-20-37)27-8-4-5-14-32-27/h4-5,8-14,16,22,25-26H,6-7,15,17-21H2,1-3H3,(H,33,39)/t25-,26-/m0/s1. The molecule has 0 spiro atoms. The van der Waals surface area contributed by atoms with Crippen molar-refractivity contribution in [2.45, 2.75) is 56.3 Å². The molecule has 14 nitrogen and oxygen atoms in total. The van der Waals surface area contributed by atoms with Gasteiger partial charge in [-0.2, -0.15) is 9.40 Å². The smallest absolute Gasteiger partial charge is 0.415 e. The maximum Gasteiger partial charge on any atom is 0.415 e. The van der Waals surface area contributed by atoms with E-state index in [1.165, 1.54) is 16.9 Å². The van der Waals surface area contributed by atoms with E-state index in [4.69, 9.17) is 9.47 Å². The van der Waals surface area contributed by atoms with Gasteiger partial charge in [-0.25, -0.2) is 23.0 Å². The third kappa shape index (κ3) is 7.83. The van der Waals surface area contributed by atoms with Crippen molar-refractivity contribution < 1.29 is 32.3 Å². The van der Waals surface area contributed by atoms with E-state index in [2.05, 4.69) is 20.3 Å². The second-order valence-corrected chi connectivity index (χ2v) is 13.4. The van der Waals surface area contributed by atoms with Gasteiger partial charge in [0.15, 0.2) is 5.03 Å². The Morgan fingerprint density at radius 2 is 1.74 bits per heavy atom. The highest BCUT2D eigenvalue weighted by atomic mass is 32.2. The van der Waals surface area contributed by atoms with Crippen LogP contribution in [0.2, 0.25) is 0 Å². The van der Waals surface area contributed by atoms with Crippen molar-refractivity contribution in [1.82, 2.24) is 29.3 Å². The zero-order valence-electron chi connectivity index (χ0n) is 26.1. The van der Waals surface area contributed by atoms with Crippen molar-refractivity contribution in [3.05, 3.63) is 66.5 Å². The summed E-state index contributed by atoms with van der Waals surface area (Å²) < 4.78 is 40.0. The summed E-state index contributed by atoms with van der Waals surface area (Å²) in [5.41, 5.74) is 0.680. The SMILES string of the molecule is CC(C)OC(=O)[C@H](Cc1ccc(OC(=O)N2CCN(c3ccccn3)CC2)cc1)NC(=O)[C@@H]1CCCN1S(=O)(=O)c1ccn(C)n1. The van der Waals surface area contributed by atoms with Crippen LogP contribution in [0.4, 0.5) is 10.6 Å². The quantitative estimate of drug-likeness (QED) is 0.321. The summed E-state index contributed by atoms with van der Waals surface area (Å²) >= 11 is 0. The fourth-order valence-corrected chi connectivity index (χ4v) is 7.08. The van der Waals surface area contributed by atoms with E-state index >= 15 is 0 Å². The van der Waals surface area contributed by atoms with Gasteiger partial charge in [-0.3, -0.25) is 9.48 Å². The van der Waals surface area contributed by atoms with Crippen molar-refractivity contribution in [1.29, 1.82) is 0 Å². The van der Waals surface area contributed by atoms with Gasteiger partial charge in [0.1, 0.15) is 23.7 Å². The van der Waals surface area contributed by atoms with Crippen molar-refractivity contribution in [3.8, 4) is 5.75 Å². The first kappa shape index (κ1) is 32.9. The Morgan fingerprint density at radius 3 is 2.37 bits per heavy atom. The van der Waals surface area contributed by atoms with Crippen LogP contribution in [0.1, 0.15) is 32.3 Å². The predicted octanol–water partition coefficient (Wildman–Crippen LogP) is 1.97. The van der Waals surface area contributed by atoms with Gasteiger partial charge < -0.3 is 24.6 Å². The summed E-state index contributed by atoms with van der Waals surface area (Å²) in [6.07, 6.45) is 3.26. The lowest BCUT2D eigenvalue weighted by Crippen LogP contribution is -2.52. The fourth-order valence-electron chi connectivity index (χ4n) is 5.47. The Kier molecular flexibility index (Phi) is 10.2. The highest BCUT2D eigenvalue weighted by molar-refractivity contribution is 7.89. The Hall–Kier alpha value is -4.50. The maximum absolute atomic E-state index is 13.4. The maximum atomic E-state index is 13.4. The number of esters is 1. The van der Waals surface area contributed by atoms with Crippen molar-refractivity contribution in [2.75, 3.05) is 37.6 Å². The van der Waals surface area contributed by atoms with Crippen LogP contribution in [0.5, 0.6) is 5.75 Å². The Labute approximate surface area is 268 Å². The second kappa shape index (κ2) is 14.3. The van der Waals surface area contributed by atoms with Gasteiger partial charge in [-0.05, 0) is 62.6 Å². The number of nitrogens with zero attached hydrogens (tertiary/aromatic N) is 6. The first-order chi connectivity index (χ1) is 22.0. The normalized spacial score (nSPS) is 18.0. The minimum Gasteiger partial charge on any atom is -0.461 e. The number of amides is 2. The third-order valence-corrected chi connectivity index (χ3v) is 9.60. The number of aromatic nitrogens is 3. The summed E-state index contributed by atoms with van der Waals surface area (Å²) in [6.45, 7) is 5.84. The summed E-state index contributed by atoms with van der Waals surface area (Å²) in [5.74, 6) is -0.0160. The molecule has 246 valence electrons. The molecular formula is C31H39N7O7S. The van der Waals surface area contributed by atoms with Crippen LogP contribution in [0.15, 0.2) is 66.0 Å². The molecule has 1 N–H and O–H groups in total. The molecule has 0 radical (unpaired) electrons. The molecule has 5 rings (SSSR count). The molecule has 0 saturated carbocycles. The Morgan fingerprint density at radius 1 is 1.00 bits per heavy atom. The van der Waals surface area contributed by atoms with Crippen molar-refractivity contribution in [3.63, 3.8) is 0 Å². The van der Waals surface area contributed by atoms with E-state index in [0.717, 1.165) is 10.1 Å². The van der Waals surface area contributed by atoms with Crippen LogP contribution in [0, 0.1) is 0 Å². The number of benzene rings is 1. The molecule has 2 atom stereocenters. The first-order valence-electron chi connectivity index (χ1n) is 15.3. The lowest BCUT2D eigenvalue weighted by atomic mass is 10.0. The molecule has 2 aromatic heterocycles. The minimum absolute atomic E-state index is 0.0840. The molecule has 0 unspecified atom stereocenters. The van der Waals surface area contributed by atoms with E-state index in [0.29, 0.717) is 50.3 Å². The monoisotopic (exact) mass is 653 g/mol. The van der Waals surface area contributed by atoms with Gasteiger partial charge in [0, 0.05) is 58.6 Å². The van der Waals surface area contributed by atoms with Gasteiger partial charge >= 0.3 is 12.1 Å². The van der Waals surface area contributed by atoms with Gasteiger partial charge in [-0.1, -0.05) is 18.2 Å². The minimum atomic E-state index is -4.01. The molecule has 2 fully saturated rings. The molecule has 0 bridgehead atoms. The molecule has 2 aliphatic rings. The summed E-state index contributed by atoms with van der Waals surface area (Å²) in [6, 6.07) is 11.7. The third-order valence-electron chi connectivity index (χ3n) is 7.80. The zero-order chi connectivity index (χ0) is 32.8. The number of ether oxygens (including phenoxy) is 2. The van der Waals surface area contributed by atoms with E-state index in [-0.39, 0.29) is 18.0 Å². The highest BCUT2D eigenvalue weighted by Crippen LogP contribution is 2.26. The zero-order valence-corrected chi connectivity index (χ0v) is 26.9. The van der Waals surface area contributed by atoms with Crippen molar-refractivity contribution >= 4 is 33.8 Å². The van der Waals surface area contributed by atoms with Gasteiger partial charge in [0.05, 0.1) is 6.10 Å². The number of aryl methyl sites for hydroxylation is 1. The Bertz CT molecular complexity index is 1620. The van der Waals surface area contributed by atoms with E-state index in [1.807, 2.05) is 18.2 Å². The van der Waals surface area contributed by atoms with Gasteiger partial charge in [0.25, 0.3) is 10.0 Å². The van der Waals surface area contributed by atoms with E-state index in [1.54, 1.807) is 56.3 Å². The number of pyridine rings is 1. The number of piperazine rings is 1. The fraction of sp³-hybridized carbons (Fsp3) is 0.452. The van der Waals surface area contributed by atoms with E-state index < -0.39 is 46.2 Å². The summed E-state index contributed by atoms with van der Waals surface area (Å²) in [7, 11) is -2.40. The predicted molar refractivity (Wildman–Crippen MR) is 167 cm³/mol.